The Kier molecular flexibility index (Phi) is 7.94. The lowest BCUT2D eigenvalue weighted by atomic mass is 10.1. The SMILES string of the molecule is CCSP(=O)(CC(CCC(=O)O)C(=O)O)SO. The van der Waals surface area contributed by atoms with Crippen molar-refractivity contribution in [2.24, 2.45) is 5.92 Å². The van der Waals surface area contributed by atoms with Gasteiger partial charge in [0.2, 0.25) is 5.55 Å². The van der Waals surface area contributed by atoms with Crippen LogP contribution in [-0.2, 0) is 14.2 Å². The van der Waals surface area contributed by atoms with Gasteiger partial charge in [-0.15, -0.1) is 0 Å². The number of aliphatic carboxylic acids is 2. The minimum absolute atomic E-state index is 0.0838. The van der Waals surface area contributed by atoms with Crippen LogP contribution in [0.5, 0.6) is 0 Å². The molecule has 0 fully saturated rings. The van der Waals surface area contributed by atoms with E-state index in [4.69, 9.17) is 14.8 Å². The van der Waals surface area contributed by atoms with Crippen molar-refractivity contribution in [1.29, 1.82) is 0 Å². The molecule has 2 unspecified atom stereocenters. The van der Waals surface area contributed by atoms with Crippen molar-refractivity contribution >= 4 is 40.5 Å². The van der Waals surface area contributed by atoms with Crippen LogP contribution in [0.1, 0.15) is 19.8 Å². The van der Waals surface area contributed by atoms with Crippen LogP contribution in [-0.4, -0.2) is 38.6 Å². The third-order valence-electron chi connectivity index (χ3n) is 1.95. The molecule has 0 aromatic carbocycles. The van der Waals surface area contributed by atoms with E-state index in [0.29, 0.717) is 5.75 Å². The van der Waals surface area contributed by atoms with Gasteiger partial charge in [0, 0.05) is 12.6 Å². The molecular formula is C8H15O6PS2. The van der Waals surface area contributed by atoms with Crippen LogP contribution in [0, 0.1) is 5.92 Å². The van der Waals surface area contributed by atoms with Crippen molar-refractivity contribution in [2.75, 3.05) is 11.9 Å². The highest BCUT2D eigenvalue weighted by Crippen LogP contribution is 2.68. The molecule has 0 saturated carbocycles. The van der Waals surface area contributed by atoms with Crippen LogP contribution in [0.15, 0.2) is 0 Å². The topological polar surface area (TPSA) is 112 Å². The first-order chi connectivity index (χ1) is 7.84. The molecule has 0 aliphatic heterocycles. The summed E-state index contributed by atoms with van der Waals surface area (Å²) in [5.74, 6) is -2.78. The van der Waals surface area contributed by atoms with Crippen molar-refractivity contribution in [3.63, 3.8) is 0 Å². The number of hydrogen-bond donors (Lipinski definition) is 3. The van der Waals surface area contributed by atoms with Crippen LogP contribution in [0.25, 0.3) is 0 Å². The molecule has 0 aliphatic carbocycles. The van der Waals surface area contributed by atoms with Gasteiger partial charge in [0.05, 0.1) is 17.6 Å². The Balaban J connectivity index is 4.56. The Labute approximate surface area is 107 Å². The van der Waals surface area contributed by atoms with Gasteiger partial charge in [-0.05, 0) is 12.2 Å². The lowest BCUT2D eigenvalue weighted by Gasteiger charge is -2.17. The summed E-state index contributed by atoms with van der Waals surface area (Å²) in [5.41, 5.74) is -3.06. The predicted molar refractivity (Wildman–Crippen MR) is 68.8 cm³/mol. The lowest BCUT2D eigenvalue weighted by molar-refractivity contribution is -0.142. The molecule has 3 N–H and O–H groups in total. The highest BCUT2D eigenvalue weighted by Gasteiger charge is 2.31. The molecule has 0 amide bonds. The van der Waals surface area contributed by atoms with Crippen LogP contribution < -0.4 is 0 Å². The first-order valence-electron chi connectivity index (χ1n) is 4.86. The largest absolute Gasteiger partial charge is 0.481 e. The zero-order valence-corrected chi connectivity index (χ0v) is 11.8. The maximum Gasteiger partial charge on any atom is 0.307 e. The van der Waals surface area contributed by atoms with E-state index >= 15 is 0 Å². The van der Waals surface area contributed by atoms with Crippen LogP contribution >= 0.6 is 28.6 Å². The fraction of sp³-hybridized carbons (Fsp3) is 0.750. The zero-order chi connectivity index (χ0) is 13.5. The van der Waals surface area contributed by atoms with Crippen molar-refractivity contribution in [3.05, 3.63) is 0 Å². The van der Waals surface area contributed by atoms with Gasteiger partial charge in [-0.25, -0.2) is 0 Å². The van der Waals surface area contributed by atoms with Gasteiger partial charge in [-0.1, -0.05) is 18.3 Å². The third kappa shape index (κ3) is 6.98. The van der Waals surface area contributed by atoms with E-state index in [1.54, 1.807) is 6.92 Å². The molecule has 0 bridgehead atoms. The predicted octanol–water partition coefficient (Wildman–Crippen LogP) is 2.70. The second kappa shape index (κ2) is 8.02. The quantitative estimate of drug-likeness (QED) is 0.440. The fourth-order valence-electron chi connectivity index (χ4n) is 1.17. The Bertz CT molecular complexity index is 321. The summed E-state index contributed by atoms with van der Waals surface area (Å²) in [5, 5.41) is 17.4. The van der Waals surface area contributed by atoms with Crippen molar-refractivity contribution in [3.8, 4) is 0 Å². The van der Waals surface area contributed by atoms with Crippen molar-refractivity contribution in [1.82, 2.24) is 0 Å². The maximum atomic E-state index is 12.0. The number of carbonyl (C=O) groups is 2. The highest BCUT2D eigenvalue weighted by atomic mass is 33.1. The maximum absolute atomic E-state index is 12.0. The molecule has 0 radical (unpaired) electrons. The van der Waals surface area contributed by atoms with Gasteiger partial charge in [-0.2, -0.15) is 0 Å². The molecule has 9 heteroatoms. The van der Waals surface area contributed by atoms with E-state index in [-0.39, 0.29) is 30.7 Å². The Morgan fingerprint density at radius 2 is 1.94 bits per heavy atom. The molecule has 6 nitrogen and oxygen atoms in total. The lowest BCUT2D eigenvalue weighted by Crippen LogP contribution is -2.18. The van der Waals surface area contributed by atoms with E-state index in [2.05, 4.69) is 0 Å². The average molecular weight is 302 g/mol. The van der Waals surface area contributed by atoms with E-state index in [9.17, 15) is 14.2 Å². The van der Waals surface area contributed by atoms with Gasteiger partial charge in [0.1, 0.15) is 0 Å². The minimum Gasteiger partial charge on any atom is -0.481 e. The first kappa shape index (κ1) is 16.8. The molecule has 17 heavy (non-hydrogen) atoms. The monoisotopic (exact) mass is 302 g/mol. The molecular weight excluding hydrogens is 287 g/mol. The molecule has 0 aromatic heterocycles. The van der Waals surface area contributed by atoms with Gasteiger partial charge in [-0.3, -0.25) is 14.2 Å². The first-order valence-corrected chi connectivity index (χ1v) is 9.72. The van der Waals surface area contributed by atoms with Crippen molar-refractivity contribution < 1.29 is 28.9 Å². The summed E-state index contributed by atoms with van der Waals surface area (Å²) in [4.78, 5) is 21.3. The number of rotatable bonds is 9. The van der Waals surface area contributed by atoms with E-state index in [0.717, 1.165) is 11.4 Å². The summed E-state index contributed by atoms with van der Waals surface area (Å²) in [6.45, 7) is 1.75. The average Bonchev–Trinajstić information content (AvgIpc) is 2.24. The normalized spacial score (nSPS) is 16.1. The summed E-state index contributed by atoms with van der Waals surface area (Å²) in [6, 6.07) is 0. The molecule has 0 spiro atoms. The van der Waals surface area contributed by atoms with Crippen molar-refractivity contribution in [2.45, 2.75) is 19.8 Å². The van der Waals surface area contributed by atoms with E-state index < -0.39 is 23.4 Å². The fourth-order valence-corrected chi connectivity index (χ4v) is 6.95. The van der Waals surface area contributed by atoms with Gasteiger partial charge in [0.25, 0.3) is 0 Å². The Morgan fingerprint density at radius 3 is 2.29 bits per heavy atom. The van der Waals surface area contributed by atoms with Crippen LogP contribution in [0.4, 0.5) is 0 Å². The molecule has 0 aromatic rings. The van der Waals surface area contributed by atoms with Crippen LogP contribution in [0.3, 0.4) is 0 Å². The Morgan fingerprint density at radius 1 is 1.35 bits per heavy atom. The molecule has 0 rings (SSSR count). The molecule has 0 heterocycles. The highest BCUT2D eigenvalue weighted by molar-refractivity contribution is 8.89. The van der Waals surface area contributed by atoms with E-state index in [1.165, 1.54) is 0 Å². The Hall–Kier alpha value is -0.170. The summed E-state index contributed by atoms with van der Waals surface area (Å²) < 4.78 is 21.0. The van der Waals surface area contributed by atoms with Crippen LogP contribution in [0.2, 0.25) is 0 Å². The second-order valence-corrected chi connectivity index (χ2v) is 11.3. The van der Waals surface area contributed by atoms with E-state index in [1.807, 2.05) is 0 Å². The summed E-state index contributed by atoms with van der Waals surface area (Å²) in [6.07, 6.45) is -0.571. The molecule has 0 saturated heterocycles. The summed E-state index contributed by atoms with van der Waals surface area (Å²) >= 11 is 1.20. The number of carboxylic acid groups (broad SMARTS) is 2. The zero-order valence-electron chi connectivity index (χ0n) is 9.24. The van der Waals surface area contributed by atoms with Gasteiger partial charge < -0.3 is 14.8 Å². The molecule has 100 valence electrons. The third-order valence-corrected chi connectivity index (χ3v) is 8.88. The number of carboxylic acids is 2. The second-order valence-electron chi connectivity index (χ2n) is 3.26. The van der Waals surface area contributed by atoms with Gasteiger partial charge in [0.15, 0.2) is 0 Å². The molecule has 0 aliphatic rings. The number of hydrogen-bond acceptors (Lipinski definition) is 6. The molecule has 2 atom stereocenters. The minimum atomic E-state index is -3.06. The smallest absolute Gasteiger partial charge is 0.307 e. The van der Waals surface area contributed by atoms with Gasteiger partial charge >= 0.3 is 11.9 Å². The summed E-state index contributed by atoms with van der Waals surface area (Å²) in [7, 11) is 0. The standard InChI is InChI=1S/C8H15O6PS2/c1-2-16-15(13,17-14)5-6(8(11)12)3-4-7(9)10/h6,14H,2-5H2,1H3,(H,9,10)(H,11,12).